The summed E-state index contributed by atoms with van der Waals surface area (Å²) in [6, 6.07) is 15.3. The zero-order chi connectivity index (χ0) is 29.0. The largest absolute Gasteiger partial charge is 0.458 e. The van der Waals surface area contributed by atoms with Gasteiger partial charge in [0.1, 0.15) is 17.0 Å². The summed E-state index contributed by atoms with van der Waals surface area (Å²) in [6.45, 7) is 4.22. The molecule has 2 aromatic carbocycles. The molecule has 0 bridgehead atoms. The number of fused-ring (bicyclic) bond motifs is 1. The van der Waals surface area contributed by atoms with Crippen molar-refractivity contribution < 1.29 is 22.4 Å². The van der Waals surface area contributed by atoms with Crippen LogP contribution in [0.2, 0.25) is 5.02 Å². The average Bonchev–Trinajstić information content (AvgIpc) is 2.92. The van der Waals surface area contributed by atoms with Crippen molar-refractivity contribution >= 4 is 28.5 Å². The SMILES string of the molecule is CC(C)C(c1oc2cc(Cl)ccc2c(=O)c1Cc1ccccc1)N(CCCN)C(=O)c1ccc(C(F)(F)F)nc1. The molecule has 6 nitrogen and oxygen atoms in total. The van der Waals surface area contributed by atoms with Gasteiger partial charge in [-0.3, -0.25) is 14.6 Å². The van der Waals surface area contributed by atoms with Gasteiger partial charge in [-0.15, -0.1) is 0 Å². The minimum atomic E-state index is -4.64. The van der Waals surface area contributed by atoms with E-state index in [-0.39, 0.29) is 42.0 Å². The van der Waals surface area contributed by atoms with Crippen LogP contribution in [0, 0.1) is 5.92 Å². The lowest BCUT2D eigenvalue weighted by atomic mass is 9.91. The van der Waals surface area contributed by atoms with E-state index in [0.717, 1.165) is 23.9 Å². The number of hydrogen-bond donors (Lipinski definition) is 1. The van der Waals surface area contributed by atoms with Crippen LogP contribution >= 0.6 is 11.6 Å². The van der Waals surface area contributed by atoms with Crippen molar-refractivity contribution in [2.24, 2.45) is 11.7 Å². The number of carbonyl (C=O) groups is 1. The standard InChI is InChI=1S/C30H29ClF3N3O3/c1-18(2)26(37(14-6-13-35)29(39)20-9-12-25(36-17-20)30(32,33)34)28-23(15-19-7-4-3-5-8-19)27(38)22-11-10-21(31)16-24(22)40-28/h3-5,7-12,16-18,26H,6,13-15,35H2,1-2H3. The highest BCUT2D eigenvalue weighted by Crippen LogP contribution is 2.35. The van der Waals surface area contributed by atoms with E-state index in [9.17, 15) is 22.8 Å². The van der Waals surface area contributed by atoms with E-state index in [0.29, 0.717) is 28.2 Å². The predicted molar refractivity (Wildman–Crippen MR) is 148 cm³/mol. The summed E-state index contributed by atoms with van der Waals surface area (Å²) in [7, 11) is 0. The number of nitrogens with two attached hydrogens (primary N) is 1. The number of carbonyl (C=O) groups excluding carboxylic acids is 1. The Morgan fingerprint density at radius 1 is 1.10 bits per heavy atom. The smallest absolute Gasteiger partial charge is 0.433 e. The Morgan fingerprint density at radius 2 is 1.82 bits per heavy atom. The Balaban J connectivity index is 1.89. The fourth-order valence-corrected chi connectivity index (χ4v) is 4.88. The molecule has 40 heavy (non-hydrogen) atoms. The quantitative estimate of drug-likeness (QED) is 0.243. The lowest BCUT2D eigenvalue weighted by Gasteiger charge is -2.35. The van der Waals surface area contributed by atoms with Gasteiger partial charge in [-0.1, -0.05) is 55.8 Å². The summed E-state index contributed by atoms with van der Waals surface area (Å²) >= 11 is 6.21. The fraction of sp³-hybridized carbons (Fsp3) is 0.300. The summed E-state index contributed by atoms with van der Waals surface area (Å²) in [5.74, 6) is -0.504. The third kappa shape index (κ3) is 6.37. The van der Waals surface area contributed by atoms with Gasteiger partial charge < -0.3 is 15.1 Å². The molecule has 10 heteroatoms. The first kappa shape index (κ1) is 29.3. The van der Waals surface area contributed by atoms with E-state index in [4.69, 9.17) is 21.8 Å². The van der Waals surface area contributed by atoms with Crippen LogP contribution < -0.4 is 11.2 Å². The maximum atomic E-state index is 13.9. The zero-order valence-corrected chi connectivity index (χ0v) is 22.8. The molecule has 2 heterocycles. The number of alkyl halides is 3. The molecule has 2 aromatic heterocycles. The van der Waals surface area contributed by atoms with Crippen molar-refractivity contribution in [2.75, 3.05) is 13.1 Å². The van der Waals surface area contributed by atoms with Gasteiger partial charge >= 0.3 is 6.18 Å². The maximum Gasteiger partial charge on any atom is 0.433 e. The Bertz CT molecular complexity index is 1540. The van der Waals surface area contributed by atoms with Crippen LogP contribution in [0.3, 0.4) is 0 Å². The summed E-state index contributed by atoms with van der Waals surface area (Å²) in [5.41, 5.74) is 5.95. The van der Waals surface area contributed by atoms with Crippen LogP contribution in [0.4, 0.5) is 13.2 Å². The molecule has 1 amide bonds. The summed E-state index contributed by atoms with van der Waals surface area (Å²) in [4.78, 5) is 32.7. The minimum absolute atomic E-state index is 0.0218. The molecule has 2 N–H and O–H groups in total. The second-order valence-corrected chi connectivity index (χ2v) is 10.3. The van der Waals surface area contributed by atoms with E-state index >= 15 is 0 Å². The minimum Gasteiger partial charge on any atom is -0.458 e. The van der Waals surface area contributed by atoms with Gasteiger partial charge in [0.05, 0.1) is 17.0 Å². The molecule has 0 radical (unpaired) electrons. The number of nitrogens with zero attached hydrogens (tertiary/aromatic N) is 2. The normalized spacial score (nSPS) is 12.6. The van der Waals surface area contributed by atoms with Crippen LogP contribution in [-0.4, -0.2) is 28.9 Å². The zero-order valence-electron chi connectivity index (χ0n) is 22.0. The Kier molecular flexibility index (Phi) is 8.95. The van der Waals surface area contributed by atoms with Crippen molar-refractivity contribution in [3.63, 3.8) is 0 Å². The average molecular weight is 572 g/mol. The van der Waals surface area contributed by atoms with E-state index in [1.807, 2.05) is 44.2 Å². The third-order valence-corrected chi connectivity index (χ3v) is 6.84. The Hall–Kier alpha value is -3.69. The van der Waals surface area contributed by atoms with Gasteiger partial charge in [0.25, 0.3) is 5.91 Å². The lowest BCUT2D eigenvalue weighted by Crippen LogP contribution is -2.40. The first-order chi connectivity index (χ1) is 19.0. The molecule has 0 saturated heterocycles. The van der Waals surface area contributed by atoms with Crippen LogP contribution in [-0.2, 0) is 12.6 Å². The maximum absolute atomic E-state index is 13.9. The molecule has 210 valence electrons. The summed E-state index contributed by atoms with van der Waals surface area (Å²) in [6.07, 6.45) is -3.05. The molecular formula is C30H29ClF3N3O3. The molecule has 0 aliphatic carbocycles. The van der Waals surface area contributed by atoms with Crippen molar-refractivity contribution in [3.8, 4) is 0 Å². The van der Waals surface area contributed by atoms with E-state index in [1.165, 1.54) is 4.90 Å². The molecule has 0 aliphatic rings. The third-order valence-electron chi connectivity index (χ3n) is 6.60. The molecule has 1 atom stereocenters. The molecule has 4 rings (SSSR count). The van der Waals surface area contributed by atoms with Crippen molar-refractivity contribution in [2.45, 2.75) is 38.9 Å². The number of amides is 1. The van der Waals surface area contributed by atoms with Gasteiger partial charge in [-0.25, -0.2) is 0 Å². The number of halogens is 4. The van der Waals surface area contributed by atoms with Crippen LogP contribution in [0.5, 0.6) is 0 Å². The second kappa shape index (κ2) is 12.2. The molecular weight excluding hydrogens is 543 g/mol. The molecule has 0 aliphatic heterocycles. The number of rotatable bonds is 9. The number of benzene rings is 2. The summed E-state index contributed by atoms with van der Waals surface area (Å²) < 4.78 is 45.7. The van der Waals surface area contributed by atoms with Crippen LogP contribution in [0.15, 0.2) is 76.1 Å². The molecule has 0 spiro atoms. The first-order valence-electron chi connectivity index (χ1n) is 12.8. The van der Waals surface area contributed by atoms with Gasteiger partial charge in [-0.2, -0.15) is 13.2 Å². The van der Waals surface area contributed by atoms with Crippen molar-refractivity contribution in [1.29, 1.82) is 0 Å². The Labute approximate surface area is 234 Å². The molecule has 4 aromatic rings. The van der Waals surface area contributed by atoms with E-state index < -0.39 is 23.8 Å². The molecule has 1 unspecified atom stereocenters. The van der Waals surface area contributed by atoms with Crippen molar-refractivity contribution in [3.05, 3.63) is 110 Å². The number of aromatic nitrogens is 1. The number of hydrogen-bond acceptors (Lipinski definition) is 5. The van der Waals surface area contributed by atoms with Crippen LogP contribution in [0.25, 0.3) is 11.0 Å². The van der Waals surface area contributed by atoms with Gasteiger partial charge in [-0.05, 0) is 48.7 Å². The monoisotopic (exact) mass is 571 g/mol. The highest BCUT2D eigenvalue weighted by atomic mass is 35.5. The van der Waals surface area contributed by atoms with Gasteiger partial charge in [0.15, 0.2) is 5.43 Å². The first-order valence-corrected chi connectivity index (χ1v) is 13.2. The van der Waals surface area contributed by atoms with E-state index in [1.54, 1.807) is 18.2 Å². The topological polar surface area (TPSA) is 89.4 Å². The summed E-state index contributed by atoms with van der Waals surface area (Å²) in [5, 5.41) is 0.735. The molecule has 0 fully saturated rings. The lowest BCUT2D eigenvalue weighted by molar-refractivity contribution is -0.141. The second-order valence-electron chi connectivity index (χ2n) is 9.84. The number of pyridine rings is 1. The van der Waals surface area contributed by atoms with Gasteiger partial charge in [0, 0.05) is 35.8 Å². The van der Waals surface area contributed by atoms with E-state index in [2.05, 4.69) is 4.98 Å². The Morgan fingerprint density at radius 3 is 2.42 bits per heavy atom. The van der Waals surface area contributed by atoms with Crippen LogP contribution in [0.1, 0.15) is 59.2 Å². The fourth-order valence-electron chi connectivity index (χ4n) is 4.72. The van der Waals surface area contributed by atoms with Gasteiger partial charge in [0.2, 0.25) is 0 Å². The van der Waals surface area contributed by atoms with Crippen molar-refractivity contribution in [1.82, 2.24) is 9.88 Å². The molecule has 0 saturated carbocycles. The highest BCUT2D eigenvalue weighted by Gasteiger charge is 2.35. The highest BCUT2D eigenvalue weighted by molar-refractivity contribution is 6.31. The predicted octanol–water partition coefficient (Wildman–Crippen LogP) is 6.64.